The maximum atomic E-state index is 9.08. The van der Waals surface area contributed by atoms with Crippen LogP contribution in [-0.2, 0) is 0 Å². The monoisotopic (exact) mass is 233 g/mol. The largest absolute Gasteiger partial charge is 0.393 e. The van der Waals surface area contributed by atoms with Gasteiger partial charge in [0.1, 0.15) is 0 Å². The van der Waals surface area contributed by atoms with Gasteiger partial charge in [0, 0.05) is 10.9 Å². The number of aliphatic hydroxyl groups is 1. The first-order valence-corrected chi connectivity index (χ1v) is 5.95. The van der Waals surface area contributed by atoms with Crippen molar-refractivity contribution < 1.29 is 5.11 Å². The lowest BCUT2D eigenvalue weighted by molar-refractivity contribution is 0.182. The molecule has 1 aromatic heterocycles. The van der Waals surface area contributed by atoms with Gasteiger partial charge in [-0.15, -0.1) is 11.3 Å². The van der Waals surface area contributed by atoms with Crippen molar-refractivity contribution >= 4 is 22.9 Å². The molecule has 0 aliphatic heterocycles. The zero-order valence-corrected chi connectivity index (χ0v) is 10.0. The second kappa shape index (κ2) is 5.71. The Labute approximate surface area is 93.9 Å². The second-order valence-electron chi connectivity index (χ2n) is 3.46. The van der Waals surface area contributed by atoms with Crippen LogP contribution in [-0.4, -0.2) is 17.8 Å². The summed E-state index contributed by atoms with van der Waals surface area (Å²) < 4.78 is 0.823. The number of aliphatic hydroxyl groups excluding tert-OH is 1. The van der Waals surface area contributed by atoms with Crippen LogP contribution in [0.25, 0.3) is 0 Å². The van der Waals surface area contributed by atoms with Crippen LogP contribution in [0.1, 0.15) is 31.2 Å². The topological polar surface area (TPSA) is 32.3 Å². The minimum Gasteiger partial charge on any atom is -0.393 e. The molecule has 0 bridgehead atoms. The van der Waals surface area contributed by atoms with Gasteiger partial charge in [-0.25, -0.2) is 0 Å². The summed E-state index contributed by atoms with van der Waals surface area (Å²) in [6.45, 7) is 4.73. The van der Waals surface area contributed by atoms with E-state index < -0.39 is 0 Å². The normalized spacial score (nSPS) is 15.4. The van der Waals surface area contributed by atoms with Crippen molar-refractivity contribution in [2.24, 2.45) is 0 Å². The van der Waals surface area contributed by atoms with E-state index >= 15 is 0 Å². The summed E-state index contributed by atoms with van der Waals surface area (Å²) >= 11 is 7.43. The molecule has 4 heteroatoms. The van der Waals surface area contributed by atoms with Gasteiger partial charge in [-0.1, -0.05) is 11.6 Å². The van der Waals surface area contributed by atoms with Crippen LogP contribution in [0.15, 0.2) is 12.1 Å². The fourth-order valence-electron chi connectivity index (χ4n) is 1.17. The predicted octanol–water partition coefficient (Wildman–Crippen LogP) is 2.82. The van der Waals surface area contributed by atoms with E-state index in [1.54, 1.807) is 18.3 Å². The van der Waals surface area contributed by atoms with Crippen molar-refractivity contribution in [1.82, 2.24) is 5.32 Å². The molecule has 0 fully saturated rings. The average molecular weight is 234 g/mol. The van der Waals surface area contributed by atoms with Crippen molar-refractivity contribution in [2.45, 2.75) is 32.4 Å². The summed E-state index contributed by atoms with van der Waals surface area (Å²) in [4.78, 5) is 1.24. The lowest BCUT2D eigenvalue weighted by Crippen LogP contribution is -2.21. The van der Waals surface area contributed by atoms with E-state index in [0.29, 0.717) is 6.04 Å². The van der Waals surface area contributed by atoms with E-state index in [0.717, 1.165) is 17.3 Å². The molecule has 0 saturated carbocycles. The van der Waals surface area contributed by atoms with Gasteiger partial charge >= 0.3 is 0 Å². The molecular weight excluding hydrogens is 218 g/mol. The van der Waals surface area contributed by atoms with Crippen LogP contribution >= 0.6 is 22.9 Å². The van der Waals surface area contributed by atoms with Gasteiger partial charge in [0.15, 0.2) is 0 Å². The fraction of sp³-hybridized carbons (Fsp3) is 0.600. The minimum absolute atomic E-state index is 0.235. The zero-order chi connectivity index (χ0) is 10.6. The van der Waals surface area contributed by atoms with Gasteiger partial charge in [-0.05, 0) is 38.9 Å². The van der Waals surface area contributed by atoms with Gasteiger partial charge in [-0.3, -0.25) is 0 Å². The molecule has 1 heterocycles. The standard InChI is InChI=1S/C10H16ClNOS/c1-7(13)5-6-12-8(2)9-3-4-10(11)14-9/h3-4,7-8,12-13H,5-6H2,1-2H3. The van der Waals surface area contributed by atoms with Gasteiger partial charge in [-0.2, -0.15) is 0 Å². The Morgan fingerprint density at radius 2 is 2.21 bits per heavy atom. The quantitative estimate of drug-likeness (QED) is 0.820. The Balaban J connectivity index is 2.32. The van der Waals surface area contributed by atoms with Crippen molar-refractivity contribution in [3.05, 3.63) is 21.3 Å². The van der Waals surface area contributed by atoms with Crippen molar-refractivity contribution in [3.8, 4) is 0 Å². The SMILES string of the molecule is CC(O)CCNC(C)c1ccc(Cl)s1. The summed E-state index contributed by atoms with van der Waals surface area (Å²) in [5, 5.41) is 12.4. The summed E-state index contributed by atoms with van der Waals surface area (Å²) in [5.74, 6) is 0. The summed E-state index contributed by atoms with van der Waals surface area (Å²) in [6, 6.07) is 4.26. The van der Waals surface area contributed by atoms with Crippen LogP contribution in [0.4, 0.5) is 0 Å². The van der Waals surface area contributed by atoms with E-state index in [1.807, 2.05) is 12.1 Å². The first-order chi connectivity index (χ1) is 6.59. The molecule has 1 aromatic rings. The number of hydrogen-bond donors (Lipinski definition) is 2. The fourth-order valence-corrected chi connectivity index (χ4v) is 2.26. The molecule has 0 aliphatic rings. The highest BCUT2D eigenvalue weighted by Crippen LogP contribution is 2.26. The highest BCUT2D eigenvalue weighted by Gasteiger charge is 2.07. The molecule has 0 aromatic carbocycles. The molecule has 14 heavy (non-hydrogen) atoms. The lowest BCUT2D eigenvalue weighted by atomic mass is 10.2. The highest BCUT2D eigenvalue weighted by molar-refractivity contribution is 7.16. The van der Waals surface area contributed by atoms with Crippen molar-refractivity contribution in [3.63, 3.8) is 0 Å². The van der Waals surface area contributed by atoms with Gasteiger partial charge < -0.3 is 10.4 Å². The maximum Gasteiger partial charge on any atom is 0.0931 e. The molecule has 2 N–H and O–H groups in total. The second-order valence-corrected chi connectivity index (χ2v) is 5.20. The summed E-state index contributed by atoms with van der Waals surface area (Å²) in [5.41, 5.74) is 0. The van der Waals surface area contributed by atoms with E-state index in [9.17, 15) is 0 Å². The van der Waals surface area contributed by atoms with E-state index in [4.69, 9.17) is 16.7 Å². The summed E-state index contributed by atoms with van der Waals surface area (Å²) in [7, 11) is 0. The Morgan fingerprint density at radius 1 is 1.50 bits per heavy atom. The first kappa shape index (κ1) is 12.0. The van der Waals surface area contributed by atoms with E-state index in [-0.39, 0.29) is 6.10 Å². The Kier molecular flexibility index (Phi) is 4.89. The molecule has 2 unspecified atom stereocenters. The molecule has 2 nitrogen and oxygen atoms in total. The van der Waals surface area contributed by atoms with E-state index in [1.165, 1.54) is 4.88 Å². The van der Waals surface area contributed by atoms with Crippen LogP contribution in [0.5, 0.6) is 0 Å². The van der Waals surface area contributed by atoms with Crippen molar-refractivity contribution in [1.29, 1.82) is 0 Å². The number of halogens is 1. The molecule has 0 radical (unpaired) electrons. The summed E-state index contributed by atoms with van der Waals surface area (Å²) in [6.07, 6.45) is 0.547. The number of thiophene rings is 1. The Bertz CT molecular complexity index is 275. The first-order valence-electron chi connectivity index (χ1n) is 4.76. The smallest absolute Gasteiger partial charge is 0.0931 e. The molecule has 0 aliphatic carbocycles. The molecule has 0 spiro atoms. The Hall–Kier alpha value is -0.0900. The molecule has 0 saturated heterocycles. The van der Waals surface area contributed by atoms with Crippen LogP contribution in [0, 0.1) is 0 Å². The maximum absolute atomic E-state index is 9.08. The molecule has 80 valence electrons. The van der Waals surface area contributed by atoms with Crippen molar-refractivity contribution in [2.75, 3.05) is 6.54 Å². The zero-order valence-electron chi connectivity index (χ0n) is 8.46. The molecule has 2 atom stereocenters. The van der Waals surface area contributed by atoms with Crippen LogP contribution in [0.2, 0.25) is 4.34 Å². The average Bonchev–Trinajstić information content (AvgIpc) is 2.51. The highest BCUT2D eigenvalue weighted by atomic mass is 35.5. The molecular formula is C10H16ClNOS. The minimum atomic E-state index is -0.235. The third-order valence-corrected chi connectivity index (χ3v) is 3.45. The van der Waals surface area contributed by atoms with Crippen LogP contribution in [0.3, 0.4) is 0 Å². The predicted molar refractivity (Wildman–Crippen MR) is 62.0 cm³/mol. The van der Waals surface area contributed by atoms with Crippen LogP contribution < -0.4 is 5.32 Å². The Morgan fingerprint density at radius 3 is 2.71 bits per heavy atom. The third kappa shape index (κ3) is 3.96. The van der Waals surface area contributed by atoms with E-state index in [2.05, 4.69) is 12.2 Å². The van der Waals surface area contributed by atoms with Gasteiger partial charge in [0.25, 0.3) is 0 Å². The molecule has 0 amide bonds. The van der Waals surface area contributed by atoms with Gasteiger partial charge in [0.2, 0.25) is 0 Å². The van der Waals surface area contributed by atoms with Gasteiger partial charge in [0.05, 0.1) is 10.4 Å². The number of rotatable bonds is 5. The lowest BCUT2D eigenvalue weighted by Gasteiger charge is -2.12. The number of nitrogens with one attached hydrogen (secondary N) is 1. The molecule has 1 rings (SSSR count). The number of hydrogen-bond acceptors (Lipinski definition) is 3. The third-order valence-electron chi connectivity index (χ3n) is 2.03.